The number of primary amides is 1. The van der Waals surface area contributed by atoms with Crippen molar-refractivity contribution in [2.45, 2.75) is 32.4 Å². The van der Waals surface area contributed by atoms with E-state index in [0.717, 1.165) is 36.7 Å². The summed E-state index contributed by atoms with van der Waals surface area (Å²) in [7, 11) is 0. The van der Waals surface area contributed by atoms with E-state index in [1.165, 1.54) is 23.2 Å². The fourth-order valence-electron chi connectivity index (χ4n) is 3.75. The van der Waals surface area contributed by atoms with Crippen LogP contribution in [-0.4, -0.2) is 38.4 Å². The standard InChI is InChI=1S/C19H23N5OS/c20-18(25)8-19-21-9-15(26-19)12-23-7-3-4-14(10-23)11-24-13-22-16-5-1-2-6-17(16)24/h1-2,5-6,9,13-14H,3-4,7-8,10-12H2,(H2,20,25). The molecule has 1 saturated heterocycles. The van der Waals surface area contributed by atoms with Crippen LogP contribution >= 0.6 is 11.3 Å². The molecule has 26 heavy (non-hydrogen) atoms. The van der Waals surface area contributed by atoms with E-state index in [1.54, 1.807) is 11.3 Å². The number of thiazole rings is 1. The molecule has 7 heteroatoms. The molecule has 1 aromatic carbocycles. The zero-order valence-corrected chi connectivity index (χ0v) is 15.5. The average molecular weight is 369 g/mol. The number of piperidine rings is 1. The molecule has 3 aromatic rings. The minimum Gasteiger partial charge on any atom is -0.369 e. The number of hydrogen-bond acceptors (Lipinski definition) is 5. The number of nitrogens with two attached hydrogens (primary N) is 1. The zero-order valence-electron chi connectivity index (χ0n) is 14.7. The number of carbonyl (C=O) groups is 1. The summed E-state index contributed by atoms with van der Waals surface area (Å²) >= 11 is 1.59. The summed E-state index contributed by atoms with van der Waals surface area (Å²) in [5, 5.41) is 0.811. The van der Waals surface area contributed by atoms with Crippen LogP contribution in [0.15, 0.2) is 36.8 Å². The Hall–Kier alpha value is -2.25. The first-order chi connectivity index (χ1) is 12.7. The number of fused-ring (bicyclic) bond motifs is 1. The van der Waals surface area contributed by atoms with Crippen LogP contribution in [0, 0.1) is 5.92 Å². The molecule has 1 aliphatic rings. The molecule has 1 aliphatic heterocycles. The number of nitrogens with zero attached hydrogens (tertiary/aromatic N) is 4. The van der Waals surface area contributed by atoms with Crippen LogP contribution < -0.4 is 5.73 Å². The van der Waals surface area contributed by atoms with Gasteiger partial charge in [-0.25, -0.2) is 9.97 Å². The van der Waals surface area contributed by atoms with Crippen molar-refractivity contribution in [2.24, 2.45) is 11.7 Å². The normalized spacial score (nSPS) is 18.4. The molecule has 0 saturated carbocycles. The number of amides is 1. The Morgan fingerprint density at radius 2 is 2.19 bits per heavy atom. The molecule has 0 bridgehead atoms. The molecule has 4 rings (SSSR count). The summed E-state index contributed by atoms with van der Waals surface area (Å²) in [6, 6.07) is 8.30. The third-order valence-corrected chi connectivity index (χ3v) is 5.87. The highest BCUT2D eigenvalue weighted by Crippen LogP contribution is 2.24. The monoisotopic (exact) mass is 369 g/mol. The highest BCUT2D eigenvalue weighted by Gasteiger charge is 2.21. The van der Waals surface area contributed by atoms with Crippen molar-refractivity contribution in [3.8, 4) is 0 Å². The predicted molar refractivity (Wildman–Crippen MR) is 103 cm³/mol. The van der Waals surface area contributed by atoms with E-state index in [9.17, 15) is 4.79 Å². The molecule has 1 unspecified atom stereocenters. The number of para-hydroxylation sites is 2. The van der Waals surface area contributed by atoms with Crippen LogP contribution in [0.25, 0.3) is 11.0 Å². The van der Waals surface area contributed by atoms with E-state index in [2.05, 4.69) is 37.6 Å². The molecule has 0 aliphatic carbocycles. The van der Waals surface area contributed by atoms with Gasteiger partial charge in [-0.05, 0) is 37.4 Å². The summed E-state index contributed by atoms with van der Waals surface area (Å²) in [6.45, 7) is 4.10. The molecular formula is C19H23N5OS. The van der Waals surface area contributed by atoms with Gasteiger partial charge >= 0.3 is 0 Å². The van der Waals surface area contributed by atoms with E-state index in [1.807, 2.05) is 18.6 Å². The fourth-order valence-corrected chi connectivity index (χ4v) is 4.73. The molecule has 1 fully saturated rings. The van der Waals surface area contributed by atoms with Crippen molar-refractivity contribution < 1.29 is 4.79 Å². The van der Waals surface area contributed by atoms with Crippen LogP contribution in [-0.2, 0) is 24.3 Å². The van der Waals surface area contributed by atoms with Gasteiger partial charge in [0.1, 0.15) is 5.01 Å². The van der Waals surface area contributed by atoms with Crippen molar-refractivity contribution in [1.82, 2.24) is 19.4 Å². The Bertz CT molecular complexity index is 902. The summed E-state index contributed by atoms with van der Waals surface area (Å²) in [4.78, 5) is 23.5. The summed E-state index contributed by atoms with van der Waals surface area (Å²) < 4.78 is 2.28. The fraction of sp³-hybridized carbons (Fsp3) is 0.421. The summed E-state index contributed by atoms with van der Waals surface area (Å²) in [6.07, 6.45) is 6.54. The Morgan fingerprint density at radius 3 is 3.08 bits per heavy atom. The van der Waals surface area contributed by atoms with Crippen molar-refractivity contribution in [1.29, 1.82) is 0 Å². The topological polar surface area (TPSA) is 77.0 Å². The molecule has 2 aromatic heterocycles. The number of likely N-dealkylation sites (tertiary alicyclic amines) is 1. The minimum absolute atomic E-state index is 0.237. The van der Waals surface area contributed by atoms with E-state index < -0.39 is 0 Å². The highest BCUT2D eigenvalue weighted by atomic mass is 32.1. The predicted octanol–water partition coefficient (Wildman–Crippen LogP) is 2.43. The second-order valence-corrected chi connectivity index (χ2v) is 8.19. The number of hydrogen-bond donors (Lipinski definition) is 1. The van der Waals surface area contributed by atoms with E-state index in [4.69, 9.17) is 5.73 Å². The van der Waals surface area contributed by atoms with Gasteiger partial charge < -0.3 is 10.3 Å². The Labute approximate surface area is 156 Å². The van der Waals surface area contributed by atoms with Gasteiger partial charge in [-0.1, -0.05) is 12.1 Å². The molecule has 136 valence electrons. The molecule has 3 heterocycles. The van der Waals surface area contributed by atoms with E-state index in [0.29, 0.717) is 5.92 Å². The Balaban J connectivity index is 1.38. The molecule has 6 nitrogen and oxygen atoms in total. The van der Waals surface area contributed by atoms with Crippen LogP contribution in [0.3, 0.4) is 0 Å². The maximum absolute atomic E-state index is 11.0. The molecular weight excluding hydrogens is 346 g/mol. The van der Waals surface area contributed by atoms with Crippen molar-refractivity contribution in [2.75, 3.05) is 13.1 Å². The SMILES string of the molecule is NC(=O)Cc1ncc(CN2CCCC(Cn3cnc4ccccc43)C2)s1. The number of aromatic nitrogens is 3. The first-order valence-electron chi connectivity index (χ1n) is 9.01. The lowest BCUT2D eigenvalue weighted by atomic mass is 9.98. The summed E-state index contributed by atoms with van der Waals surface area (Å²) in [5.74, 6) is 0.302. The quantitative estimate of drug-likeness (QED) is 0.724. The maximum Gasteiger partial charge on any atom is 0.224 e. The lowest BCUT2D eigenvalue weighted by Crippen LogP contribution is -2.36. The van der Waals surface area contributed by atoms with E-state index in [-0.39, 0.29) is 12.3 Å². The largest absolute Gasteiger partial charge is 0.369 e. The third-order valence-electron chi connectivity index (χ3n) is 4.89. The number of benzene rings is 1. The lowest BCUT2D eigenvalue weighted by Gasteiger charge is -2.32. The van der Waals surface area contributed by atoms with Gasteiger partial charge in [0, 0.05) is 30.7 Å². The van der Waals surface area contributed by atoms with Gasteiger partial charge in [0.2, 0.25) is 5.91 Å². The molecule has 0 radical (unpaired) electrons. The maximum atomic E-state index is 11.0. The highest BCUT2D eigenvalue weighted by molar-refractivity contribution is 7.11. The zero-order chi connectivity index (χ0) is 17.9. The third kappa shape index (κ3) is 3.94. The molecule has 1 atom stereocenters. The van der Waals surface area contributed by atoms with Crippen LogP contribution in [0.2, 0.25) is 0 Å². The Kier molecular flexibility index (Phi) is 4.99. The number of carbonyl (C=O) groups excluding carboxylic acids is 1. The second-order valence-electron chi connectivity index (χ2n) is 6.99. The summed E-state index contributed by atoms with van der Waals surface area (Å²) in [5.41, 5.74) is 7.52. The average Bonchev–Trinajstić information content (AvgIpc) is 3.22. The second kappa shape index (κ2) is 7.55. The van der Waals surface area contributed by atoms with Gasteiger partial charge in [-0.3, -0.25) is 9.69 Å². The van der Waals surface area contributed by atoms with Gasteiger partial charge in [0.15, 0.2) is 0 Å². The van der Waals surface area contributed by atoms with Crippen LogP contribution in [0.5, 0.6) is 0 Å². The first kappa shape index (κ1) is 17.2. The van der Waals surface area contributed by atoms with Crippen molar-refractivity contribution in [3.63, 3.8) is 0 Å². The number of imidazole rings is 1. The number of rotatable bonds is 6. The lowest BCUT2D eigenvalue weighted by molar-refractivity contribution is -0.117. The first-order valence-corrected chi connectivity index (χ1v) is 9.83. The van der Waals surface area contributed by atoms with Crippen molar-refractivity contribution in [3.05, 3.63) is 46.7 Å². The smallest absolute Gasteiger partial charge is 0.224 e. The molecule has 1 amide bonds. The Morgan fingerprint density at radius 1 is 1.31 bits per heavy atom. The molecule has 2 N–H and O–H groups in total. The van der Waals surface area contributed by atoms with Crippen LogP contribution in [0.4, 0.5) is 0 Å². The van der Waals surface area contributed by atoms with Crippen LogP contribution in [0.1, 0.15) is 22.7 Å². The van der Waals surface area contributed by atoms with Crippen molar-refractivity contribution >= 4 is 28.3 Å². The molecule has 0 spiro atoms. The van der Waals surface area contributed by atoms with Gasteiger partial charge in [0.05, 0.1) is 23.8 Å². The van der Waals surface area contributed by atoms with Gasteiger partial charge in [0.25, 0.3) is 0 Å². The van der Waals surface area contributed by atoms with Gasteiger partial charge in [-0.2, -0.15) is 0 Å². The van der Waals surface area contributed by atoms with Gasteiger partial charge in [-0.15, -0.1) is 11.3 Å². The van der Waals surface area contributed by atoms with E-state index >= 15 is 0 Å². The minimum atomic E-state index is -0.323.